The normalized spacial score (nSPS) is 17.8. The number of halogens is 4. The lowest BCUT2D eigenvalue weighted by atomic mass is 10.2. The average Bonchev–Trinajstić information content (AvgIpc) is 3.29. The van der Waals surface area contributed by atoms with Crippen molar-refractivity contribution in [1.82, 2.24) is 29.9 Å². The van der Waals surface area contributed by atoms with E-state index in [0.717, 1.165) is 6.20 Å². The largest absolute Gasteiger partial charge is 0.443 e. The Labute approximate surface area is 175 Å². The van der Waals surface area contributed by atoms with Crippen molar-refractivity contribution in [2.24, 2.45) is 0 Å². The van der Waals surface area contributed by atoms with Crippen LogP contribution in [0.25, 0.3) is 16.9 Å². The van der Waals surface area contributed by atoms with Crippen LogP contribution in [0.15, 0.2) is 34.2 Å². The van der Waals surface area contributed by atoms with Gasteiger partial charge in [-0.15, -0.1) is 0 Å². The molecule has 32 heavy (non-hydrogen) atoms. The van der Waals surface area contributed by atoms with Crippen LogP contribution in [0.5, 0.6) is 0 Å². The van der Waals surface area contributed by atoms with E-state index in [2.05, 4.69) is 19.8 Å². The highest BCUT2D eigenvalue weighted by atomic mass is 19.3. The fourth-order valence-electron chi connectivity index (χ4n) is 3.30. The number of nitrogens with zero attached hydrogens (tertiary/aromatic N) is 4. The predicted octanol–water partition coefficient (Wildman–Crippen LogP) is 0.588. The Morgan fingerprint density at radius 3 is 2.88 bits per heavy atom. The number of ether oxygens (including phenoxy) is 1. The van der Waals surface area contributed by atoms with Crippen molar-refractivity contribution in [2.45, 2.75) is 18.4 Å². The Hall–Kier alpha value is -3.91. The smallest absolute Gasteiger partial charge is 0.407 e. The fraction of sp³-hybridized carbons (Fsp3) is 0.353. The summed E-state index contributed by atoms with van der Waals surface area (Å²) < 4.78 is 58.9. The van der Waals surface area contributed by atoms with Crippen LogP contribution in [0.2, 0.25) is 0 Å². The maximum atomic E-state index is 14.6. The van der Waals surface area contributed by atoms with Crippen LogP contribution in [-0.4, -0.2) is 68.7 Å². The van der Waals surface area contributed by atoms with Crippen LogP contribution in [0.4, 0.5) is 28.0 Å². The first kappa shape index (κ1) is 21.3. The van der Waals surface area contributed by atoms with Crippen molar-refractivity contribution in [2.75, 3.05) is 24.6 Å². The molecule has 1 amide bonds. The van der Waals surface area contributed by atoms with Gasteiger partial charge < -0.3 is 19.9 Å². The summed E-state index contributed by atoms with van der Waals surface area (Å²) in [7, 11) is 0. The van der Waals surface area contributed by atoms with Crippen LogP contribution >= 0.6 is 0 Å². The molecule has 0 saturated carbocycles. The topological polar surface area (TPSA) is 137 Å². The molecule has 11 nitrogen and oxygen atoms in total. The fourth-order valence-corrected chi connectivity index (χ4v) is 3.30. The number of hydrogen-bond acceptors (Lipinski definition) is 7. The molecule has 4 heterocycles. The van der Waals surface area contributed by atoms with Gasteiger partial charge in [0, 0.05) is 25.1 Å². The maximum absolute atomic E-state index is 14.6. The van der Waals surface area contributed by atoms with Gasteiger partial charge in [-0.3, -0.25) is 9.78 Å². The van der Waals surface area contributed by atoms with Crippen molar-refractivity contribution < 1.29 is 27.1 Å². The first-order chi connectivity index (χ1) is 15.1. The SMILES string of the molecule is O=C(NC1CN(c2cc(-c3c[nH]c(=O)[nH]c3=O)nn3ccnc23)CC1(F)F)OCC(F)F. The molecule has 15 heteroatoms. The third-order valence-corrected chi connectivity index (χ3v) is 4.72. The molecule has 4 rings (SSSR count). The van der Waals surface area contributed by atoms with Crippen LogP contribution in [0, 0.1) is 0 Å². The number of amides is 1. The minimum absolute atomic E-state index is 0.0161. The highest BCUT2D eigenvalue weighted by molar-refractivity contribution is 5.75. The van der Waals surface area contributed by atoms with Crippen molar-refractivity contribution in [3.8, 4) is 11.3 Å². The molecule has 170 valence electrons. The summed E-state index contributed by atoms with van der Waals surface area (Å²) >= 11 is 0. The number of rotatable bonds is 5. The van der Waals surface area contributed by atoms with Crippen molar-refractivity contribution in [3.63, 3.8) is 0 Å². The summed E-state index contributed by atoms with van der Waals surface area (Å²) in [6.45, 7) is -2.45. The number of nitrogens with one attached hydrogen (secondary N) is 3. The summed E-state index contributed by atoms with van der Waals surface area (Å²) in [5, 5.41) is 6.11. The Balaban J connectivity index is 1.66. The van der Waals surface area contributed by atoms with Gasteiger partial charge in [-0.1, -0.05) is 0 Å². The minimum atomic E-state index is -3.42. The molecule has 3 aromatic heterocycles. The second-order valence-electron chi connectivity index (χ2n) is 6.92. The molecule has 1 unspecified atom stereocenters. The second kappa shape index (κ2) is 7.97. The Morgan fingerprint density at radius 2 is 2.16 bits per heavy atom. The van der Waals surface area contributed by atoms with E-state index in [4.69, 9.17) is 0 Å². The summed E-state index contributed by atoms with van der Waals surface area (Å²) in [5.41, 5.74) is -1.03. The summed E-state index contributed by atoms with van der Waals surface area (Å²) in [6.07, 6.45) is -0.371. The van der Waals surface area contributed by atoms with Gasteiger partial charge in [-0.25, -0.2) is 36.7 Å². The molecular weight excluding hydrogens is 442 g/mol. The van der Waals surface area contributed by atoms with E-state index >= 15 is 0 Å². The number of imidazole rings is 1. The molecule has 0 bridgehead atoms. The number of anilines is 1. The van der Waals surface area contributed by atoms with Crippen LogP contribution in [0.3, 0.4) is 0 Å². The van der Waals surface area contributed by atoms with Gasteiger partial charge in [0.1, 0.15) is 11.7 Å². The average molecular weight is 457 g/mol. The quantitative estimate of drug-likeness (QED) is 0.477. The highest BCUT2D eigenvalue weighted by Gasteiger charge is 2.49. The van der Waals surface area contributed by atoms with E-state index in [-0.39, 0.29) is 22.6 Å². The molecule has 1 aliphatic rings. The standard InChI is InChI=1S/C17H15F4N7O4/c18-12(19)6-32-16(31)24-11-5-27(7-17(11,20)21)10-3-9(26-28-2-1-22-13(10)28)8-4-23-15(30)25-14(8)29/h1-4,11-12H,5-7H2,(H,24,31)(H2,23,25,29,30). The lowest BCUT2D eigenvalue weighted by Crippen LogP contribution is -2.47. The number of carbonyl (C=O) groups excluding carboxylic acids is 1. The molecular formula is C17H15F4N7O4. The van der Waals surface area contributed by atoms with Crippen molar-refractivity contribution >= 4 is 17.4 Å². The predicted molar refractivity (Wildman–Crippen MR) is 101 cm³/mol. The molecule has 3 aromatic rings. The van der Waals surface area contributed by atoms with E-state index in [0.29, 0.717) is 0 Å². The number of H-pyrrole nitrogens is 2. The third-order valence-electron chi connectivity index (χ3n) is 4.72. The second-order valence-corrected chi connectivity index (χ2v) is 6.92. The molecule has 0 aromatic carbocycles. The van der Waals surface area contributed by atoms with Crippen LogP contribution in [-0.2, 0) is 4.74 Å². The zero-order chi connectivity index (χ0) is 23.0. The molecule has 3 N–H and O–H groups in total. The van der Waals surface area contributed by atoms with E-state index in [9.17, 15) is 31.9 Å². The Morgan fingerprint density at radius 1 is 1.38 bits per heavy atom. The van der Waals surface area contributed by atoms with Gasteiger partial charge in [0.25, 0.3) is 17.9 Å². The number of alkyl halides is 4. The van der Waals surface area contributed by atoms with Gasteiger partial charge in [-0.2, -0.15) is 5.10 Å². The van der Waals surface area contributed by atoms with Crippen molar-refractivity contribution in [3.05, 3.63) is 45.5 Å². The summed E-state index contributed by atoms with van der Waals surface area (Å²) in [5.74, 6) is -3.42. The maximum Gasteiger partial charge on any atom is 0.407 e. The third kappa shape index (κ3) is 4.13. The minimum Gasteiger partial charge on any atom is -0.443 e. The molecule has 0 radical (unpaired) electrons. The molecule has 1 atom stereocenters. The van der Waals surface area contributed by atoms with Crippen LogP contribution in [0.1, 0.15) is 0 Å². The van der Waals surface area contributed by atoms with Crippen molar-refractivity contribution in [1.29, 1.82) is 0 Å². The van der Waals surface area contributed by atoms with E-state index in [1.165, 1.54) is 27.9 Å². The number of alkyl carbamates (subject to hydrolysis) is 1. The molecule has 1 aliphatic heterocycles. The zero-order valence-corrected chi connectivity index (χ0v) is 16.0. The van der Waals surface area contributed by atoms with Gasteiger partial charge in [0.2, 0.25) is 0 Å². The number of hydrogen-bond donors (Lipinski definition) is 3. The van der Waals surface area contributed by atoms with E-state index in [1.54, 1.807) is 0 Å². The van der Waals surface area contributed by atoms with Crippen LogP contribution < -0.4 is 21.5 Å². The summed E-state index contributed by atoms with van der Waals surface area (Å²) in [4.78, 5) is 44.7. The Bertz CT molecular complexity index is 1270. The molecule has 1 fully saturated rings. The van der Waals surface area contributed by atoms with E-state index < -0.39 is 55.4 Å². The number of carbonyl (C=O) groups is 1. The number of aromatic nitrogens is 5. The number of aromatic amines is 2. The molecule has 1 saturated heterocycles. The van der Waals surface area contributed by atoms with Gasteiger partial charge in [0.15, 0.2) is 12.3 Å². The van der Waals surface area contributed by atoms with E-state index in [1.807, 2.05) is 10.3 Å². The Kier molecular flexibility index (Phi) is 5.31. The zero-order valence-electron chi connectivity index (χ0n) is 16.0. The molecule has 0 spiro atoms. The first-order valence-electron chi connectivity index (χ1n) is 9.15. The molecule has 0 aliphatic carbocycles. The lowest BCUT2D eigenvalue weighted by Gasteiger charge is -2.19. The lowest BCUT2D eigenvalue weighted by molar-refractivity contribution is -0.00620. The van der Waals surface area contributed by atoms with Gasteiger partial charge >= 0.3 is 11.8 Å². The highest BCUT2D eigenvalue weighted by Crippen LogP contribution is 2.34. The number of fused-ring (bicyclic) bond motifs is 1. The van der Waals surface area contributed by atoms with Gasteiger partial charge in [-0.05, 0) is 6.07 Å². The summed E-state index contributed by atoms with van der Waals surface area (Å²) in [6, 6.07) is -0.380. The first-order valence-corrected chi connectivity index (χ1v) is 9.15. The monoisotopic (exact) mass is 457 g/mol. The van der Waals surface area contributed by atoms with Gasteiger partial charge in [0.05, 0.1) is 17.8 Å².